The van der Waals surface area contributed by atoms with Crippen LogP contribution in [-0.2, 0) is 11.2 Å². The molecule has 4 nitrogen and oxygen atoms in total. The summed E-state index contributed by atoms with van der Waals surface area (Å²) in [6.07, 6.45) is 0.537. The van der Waals surface area contributed by atoms with Crippen molar-refractivity contribution in [3.63, 3.8) is 0 Å². The van der Waals surface area contributed by atoms with Gasteiger partial charge in [0.1, 0.15) is 11.6 Å². The van der Waals surface area contributed by atoms with E-state index in [-0.39, 0.29) is 18.3 Å². The fourth-order valence-corrected chi connectivity index (χ4v) is 2.17. The van der Waals surface area contributed by atoms with Crippen molar-refractivity contribution in [2.75, 3.05) is 25.0 Å². The number of rotatable bonds is 8. The molecule has 2 N–H and O–H groups in total. The summed E-state index contributed by atoms with van der Waals surface area (Å²) >= 11 is 0. The lowest BCUT2D eigenvalue weighted by molar-refractivity contribution is -0.115. The highest BCUT2D eigenvalue weighted by Crippen LogP contribution is 2.23. The van der Waals surface area contributed by atoms with Gasteiger partial charge in [0.15, 0.2) is 0 Å². The molecular formula is C18H21FN2O2. The fourth-order valence-electron chi connectivity index (χ4n) is 2.17. The SMILES string of the molecule is CCOc1ccccc1NC(=O)CNCCc1ccccc1F. The average Bonchev–Trinajstić information content (AvgIpc) is 2.55. The van der Waals surface area contributed by atoms with Gasteiger partial charge in [-0.1, -0.05) is 30.3 Å². The molecule has 0 aromatic heterocycles. The molecule has 0 aliphatic carbocycles. The average molecular weight is 316 g/mol. The van der Waals surface area contributed by atoms with Gasteiger partial charge >= 0.3 is 0 Å². The molecule has 122 valence electrons. The zero-order valence-corrected chi connectivity index (χ0v) is 13.1. The summed E-state index contributed by atoms with van der Waals surface area (Å²) in [4.78, 5) is 11.9. The molecular weight excluding hydrogens is 295 g/mol. The number of hydrogen-bond donors (Lipinski definition) is 2. The molecule has 2 aromatic rings. The maximum Gasteiger partial charge on any atom is 0.238 e. The second kappa shape index (κ2) is 8.90. The standard InChI is InChI=1S/C18H21FN2O2/c1-2-23-17-10-6-5-9-16(17)21-18(22)13-20-12-11-14-7-3-4-8-15(14)19/h3-10,20H,2,11-13H2,1H3,(H,21,22). The quantitative estimate of drug-likeness (QED) is 0.736. The van der Waals surface area contributed by atoms with Crippen LogP contribution in [0.4, 0.5) is 10.1 Å². The number of para-hydroxylation sites is 2. The van der Waals surface area contributed by atoms with Crippen molar-refractivity contribution in [3.8, 4) is 5.75 Å². The van der Waals surface area contributed by atoms with E-state index in [1.165, 1.54) is 6.07 Å². The minimum atomic E-state index is -0.218. The zero-order valence-electron chi connectivity index (χ0n) is 13.1. The Bertz CT molecular complexity index is 646. The first-order valence-corrected chi connectivity index (χ1v) is 7.66. The summed E-state index contributed by atoms with van der Waals surface area (Å²) in [5.41, 5.74) is 1.29. The number of hydrogen-bond acceptors (Lipinski definition) is 3. The van der Waals surface area contributed by atoms with Gasteiger partial charge in [-0.3, -0.25) is 4.79 Å². The van der Waals surface area contributed by atoms with E-state index in [1.807, 2.05) is 25.1 Å². The largest absolute Gasteiger partial charge is 0.492 e. The van der Waals surface area contributed by atoms with Crippen LogP contribution in [0, 0.1) is 5.82 Å². The molecule has 23 heavy (non-hydrogen) atoms. The molecule has 2 aromatic carbocycles. The summed E-state index contributed by atoms with van der Waals surface area (Å²) in [5.74, 6) is 0.268. The zero-order chi connectivity index (χ0) is 16.5. The van der Waals surface area contributed by atoms with Gasteiger partial charge in [-0.05, 0) is 43.7 Å². The van der Waals surface area contributed by atoms with Gasteiger partial charge in [-0.25, -0.2) is 4.39 Å². The number of nitrogens with one attached hydrogen (secondary N) is 2. The van der Waals surface area contributed by atoms with Crippen LogP contribution in [0.15, 0.2) is 48.5 Å². The monoisotopic (exact) mass is 316 g/mol. The summed E-state index contributed by atoms with van der Waals surface area (Å²) in [6, 6.07) is 13.9. The number of ether oxygens (including phenoxy) is 1. The fraction of sp³-hybridized carbons (Fsp3) is 0.278. The van der Waals surface area contributed by atoms with Gasteiger partial charge in [-0.2, -0.15) is 0 Å². The first kappa shape index (κ1) is 17.0. The van der Waals surface area contributed by atoms with E-state index in [0.29, 0.717) is 36.6 Å². The highest BCUT2D eigenvalue weighted by molar-refractivity contribution is 5.93. The number of carbonyl (C=O) groups excluding carboxylic acids is 1. The molecule has 0 unspecified atom stereocenters. The van der Waals surface area contributed by atoms with Crippen LogP contribution < -0.4 is 15.4 Å². The number of anilines is 1. The third-order valence-electron chi connectivity index (χ3n) is 3.28. The molecule has 0 saturated heterocycles. The van der Waals surface area contributed by atoms with Crippen molar-refractivity contribution < 1.29 is 13.9 Å². The van der Waals surface area contributed by atoms with Crippen molar-refractivity contribution in [1.82, 2.24) is 5.32 Å². The first-order valence-electron chi connectivity index (χ1n) is 7.66. The maximum absolute atomic E-state index is 13.5. The summed E-state index contributed by atoms with van der Waals surface area (Å²) in [6.45, 7) is 3.12. The predicted molar refractivity (Wildman–Crippen MR) is 89.2 cm³/mol. The van der Waals surface area contributed by atoms with Crippen LogP contribution in [0.25, 0.3) is 0 Å². The lowest BCUT2D eigenvalue weighted by Gasteiger charge is -2.11. The van der Waals surface area contributed by atoms with Crippen molar-refractivity contribution >= 4 is 11.6 Å². The molecule has 1 amide bonds. The van der Waals surface area contributed by atoms with Gasteiger partial charge in [0.05, 0.1) is 18.8 Å². The van der Waals surface area contributed by atoms with Gasteiger partial charge in [-0.15, -0.1) is 0 Å². The van der Waals surface area contributed by atoms with Crippen LogP contribution in [0.2, 0.25) is 0 Å². The van der Waals surface area contributed by atoms with Crippen LogP contribution in [0.1, 0.15) is 12.5 Å². The summed E-state index contributed by atoms with van der Waals surface area (Å²) < 4.78 is 18.9. The van der Waals surface area contributed by atoms with Crippen LogP contribution >= 0.6 is 0 Å². The molecule has 0 heterocycles. The van der Waals surface area contributed by atoms with Crippen LogP contribution in [0.3, 0.4) is 0 Å². The van der Waals surface area contributed by atoms with E-state index in [1.54, 1.807) is 24.3 Å². The van der Waals surface area contributed by atoms with E-state index < -0.39 is 0 Å². The molecule has 0 bridgehead atoms. The molecule has 0 saturated carbocycles. The van der Waals surface area contributed by atoms with Crippen molar-refractivity contribution in [2.45, 2.75) is 13.3 Å². The molecule has 0 atom stereocenters. The van der Waals surface area contributed by atoms with Gasteiger partial charge in [0.2, 0.25) is 5.91 Å². The lowest BCUT2D eigenvalue weighted by atomic mass is 10.1. The number of halogens is 1. The highest BCUT2D eigenvalue weighted by Gasteiger charge is 2.07. The third-order valence-corrected chi connectivity index (χ3v) is 3.28. The molecule has 0 fully saturated rings. The highest BCUT2D eigenvalue weighted by atomic mass is 19.1. The second-order valence-electron chi connectivity index (χ2n) is 5.00. The lowest BCUT2D eigenvalue weighted by Crippen LogP contribution is -2.29. The second-order valence-corrected chi connectivity index (χ2v) is 5.00. The Balaban J connectivity index is 1.76. The Kier molecular flexibility index (Phi) is 6.56. The van der Waals surface area contributed by atoms with Crippen molar-refractivity contribution in [3.05, 3.63) is 59.9 Å². The number of benzene rings is 2. The van der Waals surface area contributed by atoms with E-state index >= 15 is 0 Å². The Morgan fingerprint density at radius 3 is 2.65 bits per heavy atom. The van der Waals surface area contributed by atoms with E-state index in [0.717, 1.165) is 0 Å². The summed E-state index contributed by atoms with van der Waals surface area (Å²) in [5, 5.41) is 5.82. The van der Waals surface area contributed by atoms with E-state index in [4.69, 9.17) is 4.74 Å². The first-order chi connectivity index (χ1) is 11.2. The van der Waals surface area contributed by atoms with Crippen molar-refractivity contribution in [1.29, 1.82) is 0 Å². The third kappa shape index (κ3) is 5.38. The maximum atomic E-state index is 13.5. The normalized spacial score (nSPS) is 10.3. The van der Waals surface area contributed by atoms with Gasteiger partial charge in [0, 0.05) is 0 Å². The van der Waals surface area contributed by atoms with Gasteiger partial charge in [0.25, 0.3) is 0 Å². The predicted octanol–water partition coefficient (Wildman–Crippen LogP) is 3.00. The molecule has 5 heteroatoms. The molecule has 0 aliphatic rings. The Hall–Kier alpha value is -2.40. The van der Waals surface area contributed by atoms with Gasteiger partial charge < -0.3 is 15.4 Å². The molecule has 0 spiro atoms. The summed E-state index contributed by atoms with van der Waals surface area (Å²) in [7, 11) is 0. The minimum absolute atomic E-state index is 0.161. The van der Waals surface area contributed by atoms with Crippen LogP contribution in [0.5, 0.6) is 5.75 Å². The number of carbonyl (C=O) groups is 1. The minimum Gasteiger partial charge on any atom is -0.492 e. The van der Waals surface area contributed by atoms with E-state index in [2.05, 4.69) is 10.6 Å². The Morgan fingerprint density at radius 2 is 1.87 bits per heavy atom. The Morgan fingerprint density at radius 1 is 1.13 bits per heavy atom. The molecule has 0 radical (unpaired) electrons. The smallest absolute Gasteiger partial charge is 0.238 e. The molecule has 0 aliphatic heterocycles. The van der Waals surface area contributed by atoms with Crippen molar-refractivity contribution in [2.24, 2.45) is 0 Å². The molecule has 2 rings (SSSR count). The van der Waals surface area contributed by atoms with E-state index in [9.17, 15) is 9.18 Å². The number of amides is 1. The topological polar surface area (TPSA) is 50.4 Å². The Labute approximate surface area is 135 Å². The van der Waals surface area contributed by atoms with Crippen LogP contribution in [-0.4, -0.2) is 25.6 Å².